The lowest BCUT2D eigenvalue weighted by Crippen LogP contribution is -2.44. The normalized spacial score (nSPS) is 23.9. The van der Waals surface area contributed by atoms with Crippen molar-refractivity contribution in [1.29, 1.82) is 0 Å². The molecule has 1 fully saturated rings. The highest BCUT2D eigenvalue weighted by Gasteiger charge is 2.30. The first-order valence-electron chi connectivity index (χ1n) is 7.00. The van der Waals surface area contributed by atoms with Crippen LogP contribution in [-0.2, 0) is 11.3 Å². The molecule has 1 aromatic rings. The molecule has 0 aliphatic carbocycles. The van der Waals surface area contributed by atoms with Crippen molar-refractivity contribution in [3.63, 3.8) is 0 Å². The van der Waals surface area contributed by atoms with E-state index in [0.29, 0.717) is 19.1 Å². The van der Waals surface area contributed by atoms with Gasteiger partial charge in [0.15, 0.2) is 0 Å². The predicted octanol–water partition coefficient (Wildman–Crippen LogP) is 1.34. The maximum absolute atomic E-state index is 11.2. The summed E-state index contributed by atoms with van der Waals surface area (Å²) < 4.78 is 1.70. The summed E-state index contributed by atoms with van der Waals surface area (Å²) >= 11 is 0. The number of carbonyl (C=O) groups is 1. The first kappa shape index (κ1) is 14.8. The van der Waals surface area contributed by atoms with Gasteiger partial charge in [-0.05, 0) is 33.6 Å². The van der Waals surface area contributed by atoms with Crippen molar-refractivity contribution in [1.82, 2.24) is 9.78 Å². The highest BCUT2D eigenvalue weighted by molar-refractivity contribution is 5.71. The van der Waals surface area contributed by atoms with Crippen molar-refractivity contribution in [3.8, 4) is 0 Å². The number of carboxylic acids is 1. The minimum Gasteiger partial charge on any atom is -0.481 e. The molecule has 2 heterocycles. The van der Waals surface area contributed by atoms with Gasteiger partial charge in [-0.3, -0.25) is 9.48 Å². The SMILES string of the molecule is C[C@H]1CC[C@@H](C(=O)O)CN1c1cnn(CC(C)(C)O)c1. The number of rotatable bonds is 4. The molecule has 2 atom stereocenters. The Morgan fingerprint density at radius 2 is 2.20 bits per heavy atom. The van der Waals surface area contributed by atoms with Crippen LogP contribution in [0, 0.1) is 5.92 Å². The van der Waals surface area contributed by atoms with Crippen LogP contribution in [0.3, 0.4) is 0 Å². The molecule has 6 heteroatoms. The van der Waals surface area contributed by atoms with Crippen molar-refractivity contribution in [2.75, 3.05) is 11.4 Å². The van der Waals surface area contributed by atoms with E-state index < -0.39 is 11.6 Å². The minimum atomic E-state index is -0.819. The van der Waals surface area contributed by atoms with E-state index in [2.05, 4.69) is 16.9 Å². The molecule has 1 aliphatic rings. The van der Waals surface area contributed by atoms with Crippen LogP contribution in [0.4, 0.5) is 5.69 Å². The summed E-state index contributed by atoms with van der Waals surface area (Å²) in [4.78, 5) is 13.2. The van der Waals surface area contributed by atoms with Crippen LogP contribution >= 0.6 is 0 Å². The number of hydrogen-bond donors (Lipinski definition) is 2. The Labute approximate surface area is 119 Å². The Balaban J connectivity index is 2.11. The van der Waals surface area contributed by atoms with Crippen molar-refractivity contribution in [3.05, 3.63) is 12.4 Å². The average molecular weight is 281 g/mol. The van der Waals surface area contributed by atoms with E-state index in [0.717, 1.165) is 18.5 Å². The fourth-order valence-corrected chi connectivity index (χ4v) is 2.65. The van der Waals surface area contributed by atoms with E-state index in [1.54, 1.807) is 24.7 Å². The van der Waals surface area contributed by atoms with Gasteiger partial charge in [-0.15, -0.1) is 0 Å². The number of aromatic nitrogens is 2. The molecule has 0 amide bonds. The number of carboxylic acid groups (broad SMARTS) is 1. The summed E-state index contributed by atoms with van der Waals surface area (Å²) in [6.45, 7) is 6.50. The van der Waals surface area contributed by atoms with Gasteiger partial charge in [0.2, 0.25) is 0 Å². The maximum Gasteiger partial charge on any atom is 0.308 e. The lowest BCUT2D eigenvalue weighted by molar-refractivity contribution is -0.142. The summed E-state index contributed by atoms with van der Waals surface area (Å²) in [5, 5.41) is 23.2. The zero-order chi connectivity index (χ0) is 14.9. The molecule has 0 bridgehead atoms. The van der Waals surface area contributed by atoms with Crippen LogP contribution < -0.4 is 4.90 Å². The molecule has 0 spiro atoms. The molecule has 1 aromatic heterocycles. The van der Waals surface area contributed by atoms with E-state index in [4.69, 9.17) is 5.11 Å². The third-order valence-corrected chi connectivity index (χ3v) is 3.73. The molecule has 0 saturated carbocycles. The largest absolute Gasteiger partial charge is 0.481 e. The average Bonchev–Trinajstić information content (AvgIpc) is 2.75. The molecule has 0 radical (unpaired) electrons. The molecular weight excluding hydrogens is 258 g/mol. The Morgan fingerprint density at radius 3 is 2.80 bits per heavy atom. The van der Waals surface area contributed by atoms with Crippen molar-refractivity contribution in [2.24, 2.45) is 5.92 Å². The molecule has 112 valence electrons. The molecule has 1 aliphatic heterocycles. The van der Waals surface area contributed by atoms with Crippen LogP contribution in [0.2, 0.25) is 0 Å². The van der Waals surface area contributed by atoms with Gasteiger partial charge in [0.25, 0.3) is 0 Å². The molecule has 0 unspecified atom stereocenters. The number of aliphatic carboxylic acids is 1. The number of piperidine rings is 1. The van der Waals surface area contributed by atoms with E-state index in [1.165, 1.54) is 0 Å². The number of aliphatic hydroxyl groups is 1. The summed E-state index contributed by atoms with van der Waals surface area (Å²) in [7, 11) is 0. The summed E-state index contributed by atoms with van der Waals surface area (Å²) in [5.41, 5.74) is 0.105. The van der Waals surface area contributed by atoms with Crippen LogP contribution in [0.15, 0.2) is 12.4 Å². The fraction of sp³-hybridized carbons (Fsp3) is 0.714. The number of hydrogen-bond acceptors (Lipinski definition) is 4. The van der Waals surface area contributed by atoms with Crippen LogP contribution in [-0.4, -0.2) is 44.2 Å². The van der Waals surface area contributed by atoms with Crippen LogP contribution in [0.1, 0.15) is 33.6 Å². The standard InChI is InChI=1S/C14H23N3O3/c1-10-4-5-11(13(18)19)7-17(10)12-6-15-16(8-12)9-14(2,3)20/h6,8,10-11,20H,4-5,7,9H2,1-3H3,(H,18,19)/t10-,11+/m0/s1. The molecule has 2 rings (SSSR count). The van der Waals surface area contributed by atoms with Gasteiger partial charge < -0.3 is 15.1 Å². The summed E-state index contributed by atoms with van der Waals surface area (Å²) in [6.07, 6.45) is 5.21. The third kappa shape index (κ3) is 3.50. The molecule has 20 heavy (non-hydrogen) atoms. The van der Waals surface area contributed by atoms with Crippen LogP contribution in [0.5, 0.6) is 0 Å². The lowest BCUT2D eigenvalue weighted by atomic mass is 9.93. The second-order valence-electron chi connectivity index (χ2n) is 6.32. The summed E-state index contributed by atoms with van der Waals surface area (Å²) in [5.74, 6) is -1.05. The van der Waals surface area contributed by atoms with Gasteiger partial charge >= 0.3 is 5.97 Å². The van der Waals surface area contributed by atoms with Gasteiger partial charge in [-0.25, -0.2) is 0 Å². The smallest absolute Gasteiger partial charge is 0.308 e. The van der Waals surface area contributed by atoms with Crippen molar-refractivity contribution >= 4 is 11.7 Å². The van der Waals surface area contributed by atoms with Gasteiger partial charge in [-0.1, -0.05) is 0 Å². The second kappa shape index (κ2) is 5.44. The van der Waals surface area contributed by atoms with Crippen LogP contribution in [0.25, 0.3) is 0 Å². The van der Waals surface area contributed by atoms with E-state index >= 15 is 0 Å². The number of anilines is 1. The number of nitrogens with zero attached hydrogens (tertiary/aromatic N) is 3. The van der Waals surface area contributed by atoms with E-state index in [9.17, 15) is 9.90 Å². The van der Waals surface area contributed by atoms with Crippen molar-refractivity contribution < 1.29 is 15.0 Å². The van der Waals surface area contributed by atoms with Gasteiger partial charge in [0.1, 0.15) is 0 Å². The highest BCUT2D eigenvalue weighted by Crippen LogP contribution is 2.27. The zero-order valence-corrected chi connectivity index (χ0v) is 12.3. The Bertz CT molecular complexity index is 478. The van der Waals surface area contributed by atoms with Crippen molar-refractivity contribution in [2.45, 2.75) is 51.8 Å². The molecule has 0 aromatic carbocycles. The summed E-state index contributed by atoms with van der Waals surface area (Å²) in [6, 6.07) is 0.311. The van der Waals surface area contributed by atoms with Gasteiger partial charge in [-0.2, -0.15) is 5.10 Å². The maximum atomic E-state index is 11.2. The topological polar surface area (TPSA) is 78.6 Å². The lowest BCUT2D eigenvalue weighted by Gasteiger charge is -2.37. The van der Waals surface area contributed by atoms with E-state index in [1.807, 2.05) is 6.20 Å². The third-order valence-electron chi connectivity index (χ3n) is 3.73. The monoisotopic (exact) mass is 281 g/mol. The Morgan fingerprint density at radius 1 is 1.50 bits per heavy atom. The molecule has 6 nitrogen and oxygen atoms in total. The zero-order valence-electron chi connectivity index (χ0n) is 12.3. The first-order chi connectivity index (χ1) is 9.26. The minimum absolute atomic E-state index is 0.311. The van der Waals surface area contributed by atoms with Gasteiger partial charge in [0.05, 0.1) is 29.9 Å². The van der Waals surface area contributed by atoms with Gasteiger partial charge in [0, 0.05) is 18.8 Å². The Kier molecular flexibility index (Phi) is 4.04. The Hall–Kier alpha value is -1.56. The predicted molar refractivity (Wildman–Crippen MR) is 75.7 cm³/mol. The molecule has 1 saturated heterocycles. The molecular formula is C14H23N3O3. The first-order valence-corrected chi connectivity index (χ1v) is 7.00. The second-order valence-corrected chi connectivity index (χ2v) is 6.32. The molecule has 2 N–H and O–H groups in total. The highest BCUT2D eigenvalue weighted by atomic mass is 16.4. The fourth-order valence-electron chi connectivity index (χ4n) is 2.65. The van der Waals surface area contributed by atoms with E-state index in [-0.39, 0.29) is 5.92 Å². The quantitative estimate of drug-likeness (QED) is 0.871.